The maximum atomic E-state index is 11.4. The average Bonchev–Trinajstić information content (AvgIpc) is 2.23. The van der Waals surface area contributed by atoms with Gasteiger partial charge in [0, 0.05) is 4.47 Å². The quantitative estimate of drug-likeness (QED) is 0.466. The van der Waals surface area contributed by atoms with E-state index in [0.717, 1.165) is 0 Å². The topological polar surface area (TPSA) is 69.4 Å². The zero-order chi connectivity index (χ0) is 13.0. The summed E-state index contributed by atoms with van der Waals surface area (Å²) in [6, 6.07) is 3.20. The number of benzene rings is 1. The minimum absolute atomic E-state index is 0.118. The van der Waals surface area contributed by atoms with Gasteiger partial charge in [-0.3, -0.25) is 14.9 Å². The van der Waals surface area contributed by atoms with E-state index in [4.69, 9.17) is 4.74 Å². The summed E-state index contributed by atoms with van der Waals surface area (Å²) in [6.45, 7) is 1.93. The lowest BCUT2D eigenvalue weighted by molar-refractivity contribution is -0.386. The van der Waals surface area contributed by atoms with E-state index in [1.807, 2.05) is 0 Å². The zero-order valence-corrected chi connectivity index (χ0v) is 12.1. The molecule has 0 unspecified atom stereocenters. The second kappa shape index (κ2) is 6.11. The maximum Gasteiger partial charge on any atom is 0.310 e. The highest BCUT2D eigenvalue weighted by Crippen LogP contribution is 2.34. The van der Waals surface area contributed by atoms with Crippen LogP contribution in [0.25, 0.3) is 0 Å². The van der Waals surface area contributed by atoms with Crippen molar-refractivity contribution in [2.45, 2.75) is 13.3 Å². The molecule has 0 amide bonds. The first-order valence-corrected chi connectivity index (χ1v) is 6.32. The van der Waals surface area contributed by atoms with E-state index in [-0.39, 0.29) is 18.7 Å². The van der Waals surface area contributed by atoms with Crippen molar-refractivity contribution in [3.05, 3.63) is 36.8 Å². The Labute approximate surface area is 115 Å². The lowest BCUT2D eigenvalue weighted by Crippen LogP contribution is -2.10. The number of nitro benzene ring substituents is 1. The number of nitrogens with zero attached hydrogens (tertiary/aromatic N) is 1. The normalized spacial score (nSPS) is 10.1. The molecule has 0 bridgehead atoms. The Morgan fingerprint density at radius 3 is 2.53 bits per heavy atom. The summed E-state index contributed by atoms with van der Waals surface area (Å²) in [7, 11) is 0. The lowest BCUT2D eigenvalue weighted by atomic mass is 10.1. The predicted octanol–water partition coefficient (Wildman–Crippen LogP) is 3.23. The molecule has 0 spiro atoms. The highest BCUT2D eigenvalue weighted by molar-refractivity contribution is 9.11. The summed E-state index contributed by atoms with van der Waals surface area (Å²) < 4.78 is 5.63. The van der Waals surface area contributed by atoms with E-state index in [1.165, 1.54) is 0 Å². The van der Waals surface area contributed by atoms with Gasteiger partial charge in [-0.1, -0.05) is 15.9 Å². The minimum atomic E-state index is -0.524. The number of rotatable bonds is 4. The van der Waals surface area contributed by atoms with E-state index in [0.29, 0.717) is 14.5 Å². The summed E-state index contributed by atoms with van der Waals surface area (Å²) in [5.41, 5.74) is 0.190. The Hall–Kier alpha value is -0.950. The molecule has 1 aromatic carbocycles. The van der Waals surface area contributed by atoms with Crippen LogP contribution in [0.5, 0.6) is 0 Å². The van der Waals surface area contributed by atoms with Crippen LogP contribution < -0.4 is 0 Å². The van der Waals surface area contributed by atoms with Crippen molar-refractivity contribution in [3.63, 3.8) is 0 Å². The molecule has 1 aromatic rings. The molecule has 0 aromatic heterocycles. The van der Waals surface area contributed by atoms with Crippen LogP contribution in [-0.4, -0.2) is 17.5 Å². The number of nitro groups is 1. The van der Waals surface area contributed by atoms with Crippen LogP contribution in [0, 0.1) is 10.1 Å². The molecule has 0 radical (unpaired) electrons. The van der Waals surface area contributed by atoms with Gasteiger partial charge in [0.15, 0.2) is 0 Å². The fourth-order valence-electron chi connectivity index (χ4n) is 1.31. The number of ether oxygens (including phenoxy) is 1. The summed E-state index contributed by atoms with van der Waals surface area (Å²) in [4.78, 5) is 21.8. The summed E-state index contributed by atoms with van der Waals surface area (Å²) in [5.74, 6) is -0.491. The van der Waals surface area contributed by atoms with E-state index >= 15 is 0 Å². The molecule has 0 N–H and O–H groups in total. The van der Waals surface area contributed by atoms with Gasteiger partial charge in [-0.2, -0.15) is 0 Å². The van der Waals surface area contributed by atoms with E-state index < -0.39 is 10.9 Å². The number of halogens is 2. The van der Waals surface area contributed by atoms with Crippen molar-refractivity contribution < 1.29 is 14.5 Å². The van der Waals surface area contributed by atoms with Crippen molar-refractivity contribution in [3.8, 4) is 0 Å². The highest BCUT2D eigenvalue weighted by atomic mass is 79.9. The molecule has 0 aliphatic carbocycles. The third-order valence-corrected chi connectivity index (χ3v) is 3.37. The largest absolute Gasteiger partial charge is 0.466 e. The molecule has 1 rings (SSSR count). The molecule has 7 heteroatoms. The van der Waals surface area contributed by atoms with Crippen LogP contribution >= 0.6 is 31.9 Å². The smallest absolute Gasteiger partial charge is 0.310 e. The van der Waals surface area contributed by atoms with Gasteiger partial charge in [0.2, 0.25) is 0 Å². The number of esters is 1. The average molecular weight is 367 g/mol. The van der Waals surface area contributed by atoms with Gasteiger partial charge >= 0.3 is 5.97 Å². The molecule has 0 aliphatic heterocycles. The maximum absolute atomic E-state index is 11.4. The molecule has 0 fully saturated rings. The van der Waals surface area contributed by atoms with Crippen molar-refractivity contribution in [2.75, 3.05) is 6.61 Å². The lowest BCUT2D eigenvalue weighted by Gasteiger charge is -2.06. The summed E-state index contributed by atoms with van der Waals surface area (Å²) in [6.07, 6.45) is -0.135. The Balaban J connectivity index is 3.16. The fourth-order valence-corrected chi connectivity index (χ4v) is 2.28. The standard InChI is InChI=1S/C10H9Br2NO4/c1-2-17-9(14)5-6-7(11)3-4-8(12)10(6)13(15)16/h3-4H,2,5H2,1H3. The number of hydrogen-bond donors (Lipinski definition) is 0. The number of carbonyl (C=O) groups is 1. The summed E-state index contributed by atoms with van der Waals surface area (Å²) >= 11 is 6.29. The van der Waals surface area contributed by atoms with Crippen LogP contribution in [0.3, 0.4) is 0 Å². The molecular weight excluding hydrogens is 358 g/mol. The van der Waals surface area contributed by atoms with Crippen molar-refractivity contribution in [1.82, 2.24) is 0 Å². The SMILES string of the molecule is CCOC(=O)Cc1c(Br)ccc(Br)c1[N+](=O)[O-]. The fraction of sp³-hybridized carbons (Fsp3) is 0.300. The molecule has 5 nitrogen and oxygen atoms in total. The molecule has 92 valence electrons. The summed E-state index contributed by atoms with van der Waals surface area (Å²) in [5, 5.41) is 10.9. The molecule has 0 heterocycles. The van der Waals surface area contributed by atoms with Crippen molar-refractivity contribution in [2.24, 2.45) is 0 Å². The predicted molar refractivity (Wildman–Crippen MR) is 68.8 cm³/mol. The second-order valence-corrected chi connectivity index (χ2v) is 4.80. The third kappa shape index (κ3) is 3.50. The highest BCUT2D eigenvalue weighted by Gasteiger charge is 2.23. The molecule has 0 aliphatic rings. The monoisotopic (exact) mass is 365 g/mol. The van der Waals surface area contributed by atoms with Gasteiger partial charge in [0.05, 0.1) is 28.0 Å². The molecule has 0 saturated carbocycles. The van der Waals surface area contributed by atoms with Gasteiger partial charge in [-0.15, -0.1) is 0 Å². The molecular formula is C10H9Br2NO4. The second-order valence-electron chi connectivity index (χ2n) is 3.10. The van der Waals surface area contributed by atoms with E-state index in [9.17, 15) is 14.9 Å². The van der Waals surface area contributed by atoms with Gasteiger partial charge < -0.3 is 4.74 Å². The molecule has 0 atom stereocenters. The molecule has 17 heavy (non-hydrogen) atoms. The van der Waals surface area contributed by atoms with Crippen LogP contribution in [0.2, 0.25) is 0 Å². The zero-order valence-electron chi connectivity index (χ0n) is 8.91. The van der Waals surface area contributed by atoms with Crippen molar-refractivity contribution in [1.29, 1.82) is 0 Å². The van der Waals surface area contributed by atoms with Crippen molar-refractivity contribution >= 4 is 43.5 Å². The van der Waals surface area contributed by atoms with Gasteiger partial charge in [0.1, 0.15) is 0 Å². The van der Waals surface area contributed by atoms with Crippen LogP contribution in [-0.2, 0) is 16.0 Å². The van der Waals surface area contributed by atoms with Crippen LogP contribution in [0.15, 0.2) is 21.1 Å². The van der Waals surface area contributed by atoms with Crippen LogP contribution in [0.1, 0.15) is 12.5 Å². The first kappa shape index (κ1) is 14.1. The number of carbonyl (C=O) groups excluding carboxylic acids is 1. The Bertz CT molecular complexity index is 462. The Morgan fingerprint density at radius 1 is 1.41 bits per heavy atom. The van der Waals surface area contributed by atoms with E-state index in [1.54, 1.807) is 19.1 Å². The Kier molecular flexibility index (Phi) is 5.07. The van der Waals surface area contributed by atoms with Gasteiger partial charge in [-0.25, -0.2) is 0 Å². The van der Waals surface area contributed by atoms with Gasteiger partial charge in [-0.05, 0) is 35.0 Å². The minimum Gasteiger partial charge on any atom is -0.466 e. The first-order valence-electron chi connectivity index (χ1n) is 4.74. The first-order chi connectivity index (χ1) is 7.97. The Morgan fingerprint density at radius 2 is 2.00 bits per heavy atom. The van der Waals surface area contributed by atoms with Gasteiger partial charge in [0.25, 0.3) is 5.69 Å². The molecule has 0 saturated heterocycles. The number of hydrogen-bond acceptors (Lipinski definition) is 4. The van der Waals surface area contributed by atoms with E-state index in [2.05, 4.69) is 31.9 Å². The third-order valence-electron chi connectivity index (χ3n) is 1.99. The van der Waals surface area contributed by atoms with Crippen LogP contribution in [0.4, 0.5) is 5.69 Å².